The third kappa shape index (κ3) is 7.54. The summed E-state index contributed by atoms with van der Waals surface area (Å²) >= 11 is 0. The van der Waals surface area contributed by atoms with Crippen LogP contribution in [0.3, 0.4) is 0 Å². The minimum Gasteiger partial charge on any atom is -0.338 e. The summed E-state index contributed by atoms with van der Waals surface area (Å²) in [6.07, 6.45) is 3.97. The van der Waals surface area contributed by atoms with Crippen LogP contribution in [0.1, 0.15) is 45.1 Å². The van der Waals surface area contributed by atoms with Crippen molar-refractivity contribution in [3.05, 3.63) is 23.8 Å². The molecule has 0 spiro atoms. The summed E-state index contributed by atoms with van der Waals surface area (Å²) in [5, 5.41) is 11.2. The average Bonchev–Trinajstić information content (AvgIpc) is 2.51. The highest BCUT2D eigenvalue weighted by atomic mass is 16.2. The number of aryl methyl sites for hydroxylation is 1. The van der Waals surface area contributed by atoms with Crippen molar-refractivity contribution >= 4 is 23.4 Å². The number of urea groups is 2. The van der Waals surface area contributed by atoms with Gasteiger partial charge in [0, 0.05) is 24.5 Å². The van der Waals surface area contributed by atoms with E-state index in [4.69, 9.17) is 0 Å². The van der Waals surface area contributed by atoms with E-state index in [-0.39, 0.29) is 12.1 Å². The van der Waals surface area contributed by atoms with Crippen molar-refractivity contribution in [1.29, 1.82) is 0 Å². The van der Waals surface area contributed by atoms with Crippen LogP contribution in [0.25, 0.3) is 0 Å². The number of benzene rings is 1. The summed E-state index contributed by atoms with van der Waals surface area (Å²) in [4.78, 5) is 23.6. The van der Waals surface area contributed by atoms with Gasteiger partial charge in [-0.25, -0.2) is 9.59 Å². The van der Waals surface area contributed by atoms with E-state index >= 15 is 0 Å². The van der Waals surface area contributed by atoms with Crippen LogP contribution in [-0.4, -0.2) is 25.2 Å². The number of amides is 4. The lowest BCUT2D eigenvalue weighted by Crippen LogP contribution is -2.30. The topological polar surface area (TPSA) is 82.3 Å². The van der Waals surface area contributed by atoms with Gasteiger partial charge in [0.1, 0.15) is 0 Å². The molecule has 0 atom stereocenters. The normalized spacial score (nSPS) is 10.0. The Labute approximate surface area is 138 Å². The van der Waals surface area contributed by atoms with Crippen molar-refractivity contribution in [3.8, 4) is 0 Å². The van der Waals surface area contributed by atoms with Crippen LogP contribution in [0.4, 0.5) is 21.0 Å². The molecule has 1 aromatic carbocycles. The summed E-state index contributed by atoms with van der Waals surface area (Å²) in [5.41, 5.74) is 2.27. The SMILES string of the molecule is CCCCNC(=O)Nc1ccc(C)c(NC(=O)NCCCC)c1. The van der Waals surface area contributed by atoms with Crippen LogP contribution in [0, 0.1) is 6.92 Å². The van der Waals surface area contributed by atoms with E-state index in [1.54, 1.807) is 6.07 Å². The molecule has 0 fully saturated rings. The van der Waals surface area contributed by atoms with E-state index in [0.717, 1.165) is 31.2 Å². The highest BCUT2D eigenvalue weighted by Crippen LogP contribution is 2.20. The zero-order valence-corrected chi connectivity index (χ0v) is 14.3. The van der Waals surface area contributed by atoms with Gasteiger partial charge in [0.2, 0.25) is 0 Å². The third-order valence-corrected chi connectivity index (χ3v) is 3.38. The molecule has 0 saturated heterocycles. The fraction of sp³-hybridized carbons (Fsp3) is 0.529. The van der Waals surface area contributed by atoms with Crippen LogP contribution in [0.2, 0.25) is 0 Å². The lowest BCUT2D eigenvalue weighted by molar-refractivity contribution is 0.251. The van der Waals surface area contributed by atoms with Crippen LogP contribution in [0.15, 0.2) is 18.2 Å². The standard InChI is InChI=1S/C17H28N4O2/c1-4-6-10-18-16(22)20-14-9-8-13(3)15(12-14)21-17(23)19-11-7-5-2/h8-9,12H,4-7,10-11H2,1-3H3,(H2,18,20,22)(H2,19,21,23). The van der Waals surface area contributed by atoms with Gasteiger partial charge in [-0.2, -0.15) is 0 Å². The number of carbonyl (C=O) groups excluding carboxylic acids is 2. The van der Waals surface area contributed by atoms with Crippen molar-refractivity contribution < 1.29 is 9.59 Å². The average molecular weight is 320 g/mol. The highest BCUT2D eigenvalue weighted by molar-refractivity contribution is 5.93. The molecule has 0 unspecified atom stereocenters. The van der Waals surface area contributed by atoms with Gasteiger partial charge in [-0.3, -0.25) is 0 Å². The summed E-state index contributed by atoms with van der Waals surface area (Å²) in [6.45, 7) is 7.36. The Hall–Kier alpha value is -2.24. The predicted molar refractivity (Wildman–Crippen MR) is 95.0 cm³/mol. The number of hydrogen-bond acceptors (Lipinski definition) is 2. The van der Waals surface area contributed by atoms with Crippen molar-refractivity contribution in [3.63, 3.8) is 0 Å². The number of hydrogen-bond donors (Lipinski definition) is 4. The first kappa shape index (κ1) is 18.8. The van der Waals surface area contributed by atoms with Crippen LogP contribution in [0.5, 0.6) is 0 Å². The van der Waals surface area contributed by atoms with E-state index in [2.05, 4.69) is 35.1 Å². The molecule has 0 heterocycles. The van der Waals surface area contributed by atoms with Crippen molar-refractivity contribution in [2.24, 2.45) is 0 Å². The molecule has 4 amide bonds. The van der Waals surface area contributed by atoms with Crippen molar-refractivity contribution in [1.82, 2.24) is 10.6 Å². The molecule has 0 radical (unpaired) electrons. The molecule has 128 valence electrons. The maximum Gasteiger partial charge on any atom is 0.319 e. The van der Waals surface area contributed by atoms with Crippen LogP contribution in [-0.2, 0) is 0 Å². The molecule has 0 aromatic heterocycles. The van der Waals surface area contributed by atoms with Gasteiger partial charge in [-0.15, -0.1) is 0 Å². The Morgan fingerprint density at radius 1 is 0.913 bits per heavy atom. The number of carbonyl (C=O) groups is 2. The van der Waals surface area contributed by atoms with E-state index < -0.39 is 0 Å². The molecule has 23 heavy (non-hydrogen) atoms. The smallest absolute Gasteiger partial charge is 0.319 e. The van der Waals surface area contributed by atoms with Gasteiger partial charge in [-0.05, 0) is 37.5 Å². The number of anilines is 2. The van der Waals surface area contributed by atoms with Gasteiger partial charge >= 0.3 is 12.1 Å². The Kier molecular flexibility index (Phi) is 8.57. The first-order chi connectivity index (χ1) is 11.1. The highest BCUT2D eigenvalue weighted by Gasteiger charge is 2.07. The molecule has 0 aliphatic rings. The molecule has 1 rings (SSSR count). The zero-order valence-electron chi connectivity index (χ0n) is 14.3. The van der Waals surface area contributed by atoms with Gasteiger partial charge in [0.25, 0.3) is 0 Å². The first-order valence-corrected chi connectivity index (χ1v) is 8.27. The lowest BCUT2D eigenvalue weighted by atomic mass is 10.2. The molecule has 0 bridgehead atoms. The molecular weight excluding hydrogens is 292 g/mol. The summed E-state index contributed by atoms with van der Waals surface area (Å²) in [5.74, 6) is 0. The Morgan fingerprint density at radius 3 is 2.04 bits per heavy atom. The molecule has 6 heteroatoms. The zero-order chi connectivity index (χ0) is 17.1. The van der Waals surface area contributed by atoms with E-state index in [0.29, 0.717) is 24.5 Å². The largest absolute Gasteiger partial charge is 0.338 e. The van der Waals surface area contributed by atoms with Crippen LogP contribution >= 0.6 is 0 Å². The Morgan fingerprint density at radius 2 is 1.48 bits per heavy atom. The molecule has 4 N–H and O–H groups in total. The molecule has 6 nitrogen and oxygen atoms in total. The monoisotopic (exact) mass is 320 g/mol. The minimum absolute atomic E-state index is 0.230. The second-order valence-corrected chi connectivity index (χ2v) is 5.50. The van der Waals surface area contributed by atoms with Crippen LogP contribution < -0.4 is 21.3 Å². The summed E-state index contributed by atoms with van der Waals surface area (Å²) in [6, 6.07) is 4.97. The van der Waals surface area contributed by atoms with E-state index in [1.165, 1.54) is 0 Å². The van der Waals surface area contributed by atoms with Gasteiger partial charge in [-0.1, -0.05) is 32.8 Å². The number of rotatable bonds is 8. The minimum atomic E-state index is -0.236. The quantitative estimate of drug-likeness (QED) is 0.549. The van der Waals surface area contributed by atoms with Crippen molar-refractivity contribution in [2.75, 3.05) is 23.7 Å². The summed E-state index contributed by atoms with van der Waals surface area (Å²) < 4.78 is 0. The first-order valence-electron chi connectivity index (χ1n) is 8.27. The van der Waals surface area contributed by atoms with E-state index in [9.17, 15) is 9.59 Å². The fourth-order valence-electron chi connectivity index (χ4n) is 1.93. The molecular formula is C17H28N4O2. The molecule has 1 aromatic rings. The molecule has 0 aliphatic carbocycles. The third-order valence-electron chi connectivity index (χ3n) is 3.38. The van der Waals surface area contributed by atoms with E-state index in [1.807, 2.05) is 19.1 Å². The van der Waals surface area contributed by atoms with Crippen molar-refractivity contribution in [2.45, 2.75) is 46.5 Å². The van der Waals surface area contributed by atoms with Gasteiger partial charge in [0.15, 0.2) is 0 Å². The number of nitrogens with one attached hydrogen (secondary N) is 4. The lowest BCUT2D eigenvalue weighted by Gasteiger charge is -2.12. The predicted octanol–water partition coefficient (Wildman–Crippen LogP) is 3.84. The summed E-state index contributed by atoms with van der Waals surface area (Å²) in [7, 11) is 0. The van der Waals surface area contributed by atoms with Gasteiger partial charge in [0.05, 0.1) is 0 Å². The number of unbranched alkanes of at least 4 members (excludes halogenated alkanes) is 2. The molecule has 0 saturated carbocycles. The fourth-order valence-corrected chi connectivity index (χ4v) is 1.93. The Balaban J connectivity index is 2.57. The Bertz CT molecular complexity index is 517. The molecule has 0 aliphatic heterocycles. The second-order valence-electron chi connectivity index (χ2n) is 5.50. The maximum atomic E-state index is 11.8. The maximum absolute atomic E-state index is 11.8. The van der Waals surface area contributed by atoms with Gasteiger partial charge < -0.3 is 21.3 Å². The second kappa shape index (κ2) is 10.5.